The third kappa shape index (κ3) is 2.52. The van der Waals surface area contributed by atoms with Gasteiger partial charge in [0.25, 0.3) is 5.91 Å². The molecule has 0 aliphatic heterocycles. The summed E-state index contributed by atoms with van der Waals surface area (Å²) in [6, 6.07) is 5.62. The Morgan fingerprint density at radius 2 is 2.24 bits per heavy atom. The normalized spacial score (nSPS) is 14.5. The van der Waals surface area contributed by atoms with Gasteiger partial charge >= 0.3 is 0 Å². The van der Waals surface area contributed by atoms with Crippen molar-refractivity contribution in [3.05, 3.63) is 23.8 Å². The van der Waals surface area contributed by atoms with E-state index in [4.69, 9.17) is 10.5 Å². The monoisotopic (exact) mass is 234 g/mol. The summed E-state index contributed by atoms with van der Waals surface area (Å²) in [5, 5.41) is 0. The lowest BCUT2D eigenvalue weighted by atomic mass is 10.1. The maximum Gasteiger partial charge on any atom is 0.253 e. The van der Waals surface area contributed by atoms with Crippen LogP contribution in [-0.4, -0.2) is 30.5 Å². The molecule has 2 rings (SSSR count). The molecular formula is C13H18N2O2. The average molecular weight is 234 g/mol. The number of amides is 1. The average Bonchev–Trinajstić information content (AvgIpc) is 3.14. The fraction of sp³-hybridized carbons (Fsp3) is 0.462. The van der Waals surface area contributed by atoms with Gasteiger partial charge in [0.2, 0.25) is 0 Å². The molecule has 1 aromatic rings. The number of rotatable bonds is 4. The van der Waals surface area contributed by atoms with Crippen LogP contribution in [0.25, 0.3) is 0 Å². The van der Waals surface area contributed by atoms with Gasteiger partial charge in [0, 0.05) is 18.7 Å². The summed E-state index contributed by atoms with van der Waals surface area (Å²) in [5.41, 5.74) is 6.98. The number of carbonyl (C=O) groups is 1. The summed E-state index contributed by atoms with van der Waals surface area (Å²) >= 11 is 0. The molecule has 1 amide bonds. The van der Waals surface area contributed by atoms with E-state index in [0.717, 1.165) is 12.8 Å². The van der Waals surface area contributed by atoms with Crippen molar-refractivity contribution in [2.24, 2.45) is 0 Å². The Bertz CT molecular complexity index is 427. The summed E-state index contributed by atoms with van der Waals surface area (Å²) in [6.45, 7) is 2.47. The van der Waals surface area contributed by atoms with Crippen molar-refractivity contribution in [3.8, 4) is 5.75 Å². The molecular weight excluding hydrogens is 216 g/mol. The van der Waals surface area contributed by atoms with E-state index in [9.17, 15) is 4.79 Å². The first kappa shape index (κ1) is 11.8. The SMILES string of the molecule is CCOc1ccc(C(=O)N(C)C2CC2)cc1N. The third-order valence-corrected chi connectivity index (χ3v) is 2.97. The molecule has 0 bridgehead atoms. The fourth-order valence-corrected chi connectivity index (χ4v) is 1.80. The van der Waals surface area contributed by atoms with Crippen LogP contribution in [0.4, 0.5) is 5.69 Å². The van der Waals surface area contributed by atoms with E-state index in [2.05, 4.69) is 0 Å². The van der Waals surface area contributed by atoms with Crippen molar-refractivity contribution in [2.45, 2.75) is 25.8 Å². The van der Waals surface area contributed by atoms with Gasteiger partial charge in [0.1, 0.15) is 5.75 Å². The molecule has 1 aliphatic carbocycles. The zero-order chi connectivity index (χ0) is 12.4. The summed E-state index contributed by atoms with van der Waals surface area (Å²) in [7, 11) is 1.84. The van der Waals surface area contributed by atoms with Gasteiger partial charge in [0.15, 0.2) is 0 Å². The Kier molecular flexibility index (Phi) is 3.22. The second-order valence-corrected chi connectivity index (χ2v) is 4.33. The van der Waals surface area contributed by atoms with Crippen molar-refractivity contribution >= 4 is 11.6 Å². The topological polar surface area (TPSA) is 55.6 Å². The van der Waals surface area contributed by atoms with Crippen molar-refractivity contribution in [1.29, 1.82) is 0 Å². The van der Waals surface area contributed by atoms with Gasteiger partial charge in [-0.3, -0.25) is 4.79 Å². The largest absolute Gasteiger partial charge is 0.492 e. The Labute approximate surface area is 101 Å². The molecule has 4 heteroatoms. The Balaban J connectivity index is 2.15. The first-order chi connectivity index (χ1) is 8.13. The first-order valence-corrected chi connectivity index (χ1v) is 5.93. The van der Waals surface area contributed by atoms with Crippen LogP contribution in [0.3, 0.4) is 0 Å². The molecule has 2 N–H and O–H groups in total. The van der Waals surface area contributed by atoms with Crippen LogP contribution in [0, 0.1) is 0 Å². The number of hydrogen-bond donors (Lipinski definition) is 1. The number of anilines is 1. The van der Waals surface area contributed by atoms with E-state index in [1.807, 2.05) is 14.0 Å². The molecule has 0 saturated heterocycles. The molecule has 0 heterocycles. The van der Waals surface area contributed by atoms with Gasteiger partial charge in [0.05, 0.1) is 12.3 Å². The lowest BCUT2D eigenvalue weighted by Crippen LogP contribution is -2.28. The van der Waals surface area contributed by atoms with Crippen LogP contribution < -0.4 is 10.5 Å². The van der Waals surface area contributed by atoms with E-state index < -0.39 is 0 Å². The lowest BCUT2D eigenvalue weighted by molar-refractivity contribution is 0.0785. The predicted molar refractivity (Wildman–Crippen MR) is 67.1 cm³/mol. The molecule has 0 unspecified atom stereocenters. The molecule has 92 valence electrons. The van der Waals surface area contributed by atoms with Crippen molar-refractivity contribution in [2.75, 3.05) is 19.4 Å². The van der Waals surface area contributed by atoms with Crippen LogP contribution in [0.1, 0.15) is 30.1 Å². The number of nitrogen functional groups attached to an aromatic ring is 1. The maximum absolute atomic E-state index is 12.1. The van der Waals surface area contributed by atoms with E-state index in [1.54, 1.807) is 23.1 Å². The number of carbonyl (C=O) groups excluding carboxylic acids is 1. The van der Waals surface area contributed by atoms with E-state index in [1.165, 1.54) is 0 Å². The molecule has 0 spiro atoms. The number of benzene rings is 1. The summed E-state index contributed by atoms with van der Waals surface area (Å²) < 4.78 is 5.34. The Morgan fingerprint density at radius 3 is 2.76 bits per heavy atom. The number of nitrogens with zero attached hydrogens (tertiary/aromatic N) is 1. The molecule has 1 saturated carbocycles. The summed E-state index contributed by atoms with van der Waals surface area (Å²) in [5.74, 6) is 0.667. The highest BCUT2D eigenvalue weighted by molar-refractivity contribution is 5.95. The van der Waals surface area contributed by atoms with E-state index in [-0.39, 0.29) is 5.91 Å². The highest BCUT2D eigenvalue weighted by Gasteiger charge is 2.30. The Morgan fingerprint density at radius 1 is 1.53 bits per heavy atom. The molecule has 0 atom stereocenters. The van der Waals surface area contributed by atoms with E-state index in [0.29, 0.717) is 29.6 Å². The number of ether oxygens (including phenoxy) is 1. The van der Waals surface area contributed by atoms with Crippen LogP contribution >= 0.6 is 0 Å². The smallest absolute Gasteiger partial charge is 0.253 e. The molecule has 1 aliphatic rings. The van der Waals surface area contributed by atoms with Gasteiger partial charge in [-0.2, -0.15) is 0 Å². The summed E-state index contributed by atoms with van der Waals surface area (Å²) in [6.07, 6.45) is 2.21. The van der Waals surface area contributed by atoms with Crippen LogP contribution in [0.2, 0.25) is 0 Å². The maximum atomic E-state index is 12.1. The number of nitrogens with two attached hydrogens (primary N) is 1. The molecule has 1 fully saturated rings. The van der Waals surface area contributed by atoms with Gasteiger partial charge in [-0.05, 0) is 38.0 Å². The lowest BCUT2D eigenvalue weighted by Gasteiger charge is -2.17. The summed E-state index contributed by atoms with van der Waals surface area (Å²) in [4.78, 5) is 13.9. The number of hydrogen-bond acceptors (Lipinski definition) is 3. The minimum atomic E-state index is 0.0299. The molecule has 0 aromatic heterocycles. The molecule has 17 heavy (non-hydrogen) atoms. The highest BCUT2D eigenvalue weighted by Crippen LogP contribution is 2.28. The van der Waals surface area contributed by atoms with Gasteiger partial charge in [-0.25, -0.2) is 0 Å². The second-order valence-electron chi connectivity index (χ2n) is 4.33. The zero-order valence-electron chi connectivity index (χ0n) is 10.3. The van der Waals surface area contributed by atoms with Crippen LogP contribution in [0.15, 0.2) is 18.2 Å². The van der Waals surface area contributed by atoms with E-state index >= 15 is 0 Å². The quantitative estimate of drug-likeness (QED) is 0.809. The van der Waals surface area contributed by atoms with Crippen LogP contribution in [-0.2, 0) is 0 Å². The standard InChI is InChI=1S/C13H18N2O2/c1-3-17-12-7-4-9(8-11(12)14)13(16)15(2)10-5-6-10/h4,7-8,10H,3,5-6,14H2,1-2H3. The molecule has 0 radical (unpaired) electrons. The minimum Gasteiger partial charge on any atom is -0.492 e. The minimum absolute atomic E-state index is 0.0299. The van der Waals surface area contributed by atoms with Crippen LogP contribution in [0.5, 0.6) is 5.75 Å². The zero-order valence-corrected chi connectivity index (χ0v) is 10.3. The Hall–Kier alpha value is -1.71. The fourth-order valence-electron chi connectivity index (χ4n) is 1.80. The van der Waals surface area contributed by atoms with Crippen molar-refractivity contribution in [1.82, 2.24) is 4.90 Å². The second kappa shape index (κ2) is 4.65. The molecule has 1 aromatic carbocycles. The van der Waals surface area contributed by atoms with Gasteiger partial charge in [-0.15, -0.1) is 0 Å². The van der Waals surface area contributed by atoms with Gasteiger partial charge < -0.3 is 15.4 Å². The molecule has 4 nitrogen and oxygen atoms in total. The van der Waals surface area contributed by atoms with Crippen molar-refractivity contribution < 1.29 is 9.53 Å². The third-order valence-electron chi connectivity index (χ3n) is 2.97. The van der Waals surface area contributed by atoms with Gasteiger partial charge in [-0.1, -0.05) is 0 Å². The first-order valence-electron chi connectivity index (χ1n) is 5.93. The highest BCUT2D eigenvalue weighted by atomic mass is 16.5. The van der Waals surface area contributed by atoms with Crippen molar-refractivity contribution in [3.63, 3.8) is 0 Å². The predicted octanol–water partition coefficient (Wildman–Crippen LogP) is 1.90.